The normalized spacial score (nSPS) is 18.8. The number of alkyl halides is 2. The van der Waals surface area contributed by atoms with Crippen molar-refractivity contribution < 1.29 is 32.6 Å². The molecule has 2 atom stereocenters. The second-order valence-electron chi connectivity index (χ2n) is 10.7. The molecular weight excluding hydrogens is 532 g/mol. The highest BCUT2D eigenvalue weighted by Gasteiger charge is 2.37. The Bertz CT molecular complexity index is 1400. The summed E-state index contributed by atoms with van der Waals surface area (Å²) >= 11 is 0. The van der Waals surface area contributed by atoms with E-state index in [1.54, 1.807) is 31.3 Å². The van der Waals surface area contributed by atoms with Gasteiger partial charge in [-0.2, -0.15) is 8.78 Å². The summed E-state index contributed by atoms with van der Waals surface area (Å²) in [7, 11) is 3.49. The van der Waals surface area contributed by atoms with Crippen molar-refractivity contribution in [2.45, 2.75) is 44.8 Å². The van der Waals surface area contributed by atoms with E-state index in [4.69, 9.17) is 9.47 Å². The van der Waals surface area contributed by atoms with Gasteiger partial charge in [-0.1, -0.05) is 29.8 Å². The van der Waals surface area contributed by atoms with Crippen molar-refractivity contribution >= 4 is 17.6 Å². The number of aryl methyl sites for hydroxylation is 1. The lowest BCUT2D eigenvalue weighted by Gasteiger charge is -2.18. The van der Waals surface area contributed by atoms with Crippen LogP contribution in [0.25, 0.3) is 0 Å². The van der Waals surface area contributed by atoms with E-state index < -0.39 is 18.6 Å². The number of hydrogen-bond acceptors (Lipinski definition) is 7. The minimum absolute atomic E-state index is 0.000220. The highest BCUT2D eigenvalue weighted by atomic mass is 19.3. The van der Waals surface area contributed by atoms with Crippen LogP contribution < -0.4 is 19.1 Å². The van der Waals surface area contributed by atoms with Crippen LogP contribution in [0.15, 0.2) is 60.7 Å². The minimum Gasteiger partial charge on any atom is -0.489 e. The highest BCUT2D eigenvalue weighted by molar-refractivity contribution is 6.04. The van der Waals surface area contributed by atoms with Gasteiger partial charge < -0.3 is 19.1 Å². The van der Waals surface area contributed by atoms with E-state index in [0.717, 1.165) is 29.7 Å². The molecule has 1 amide bonds. The zero-order valence-electron chi connectivity index (χ0n) is 23.3. The average molecular weight is 566 g/mol. The molecule has 5 rings (SSSR count). The van der Waals surface area contributed by atoms with E-state index >= 15 is 0 Å². The Morgan fingerprint density at radius 3 is 2.54 bits per heavy atom. The molecule has 2 aromatic carbocycles. The Morgan fingerprint density at radius 2 is 1.83 bits per heavy atom. The molecule has 3 aromatic rings. The number of amides is 1. The van der Waals surface area contributed by atoms with E-state index in [0.29, 0.717) is 25.5 Å². The molecule has 216 valence electrons. The van der Waals surface area contributed by atoms with Crippen molar-refractivity contribution in [3.8, 4) is 17.4 Å². The van der Waals surface area contributed by atoms with E-state index in [9.17, 15) is 18.4 Å². The molecule has 0 bridgehead atoms. The third-order valence-electron chi connectivity index (χ3n) is 7.52. The average Bonchev–Trinajstić information content (AvgIpc) is 3.70. The van der Waals surface area contributed by atoms with Gasteiger partial charge in [0.05, 0.1) is 6.61 Å². The summed E-state index contributed by atoms with van der Waals surface area (Å²) < 4.78 is 41.9. The molecule has 2 unspecified atom stereocenters. The van der Waals surface area contributed by atoms with Crippen LogP contribution in [-0.2, 0) is 4.79 Å². The van der Waals surface area contributed by atoms with Crippen LogP contribution in [-0.4, -0.2) is 61.7 Å². The standard InChI is InChI=1S/C31H33F2N3O5/c1-19-7-12-23(13-8-19)36(3)29(37)24-5-4-6-28(34-24)41-30(38)25-15-22(17-35(25)2)21-11-14-26(40-31(32)33)27(16-21)39-18-20-9-10-20/h4-8,11-14,16,20,22,25,31H,9-10,15,17-18H2,1-3H3. The van der Waals surface area contributed by atoms with Gasteiger partial charge in [0.1, 0.15) is 11.7 Å². The molecule has 1 aliphatic heterocycles. The summed E-state index contributed by atoms with van der Waals surface area (Å²) in [6, 6.07) is 16.7. The first-order chi connectivity index (χ1) is 19.7. The Balaban J connectivity index is 1.25. The van der Waals surface area contributed by atoms with Crippen LogP contribution in [0.1, 0.15) is 46.8 Å². The SMILES string of the molecule is Cc1ccc(N(C)C(=O)c2cccc(OC(=O)C3CC(c4ccc(OC(F)F)c(OCC5CC5)c4)CN3C)n2)cc1. The lowest BCUT2D eigenvalue weighted by molar-refractivity contribution is -0.139. The molecule has 41 heavy (non-hydrogen) atoms. The number of hydrogen-bond donors (Lipinski definition) is 0. The first kappa shape index (κ1) is 28.5. The monoisotopic (exact) mass is 565 g/mol. The fraction of sp³-hybridized carbons (Fsp3) is 0.387. The Kier molecular flexibility index (Phi) is 8.49. The lowest BCUT2D eigenvalue weighted by atomic mass is 9.96. The van der Waals surface area contributed by atoms with Gasteiger partial charge >= 0.3 is 12.6 Å². The van der Waals surface area contributed by atoms with Gasteiger partial charge in [-0.15, -0.1) is 0 Å². The van der Waals surface area contributed by atoms with Crippen molar-refractivity contribution in [1.82, 2.24) is 9.88 Å². The molecule has 2 fully saturated rings. The maximum absolute atomic E-state index is 13.2. The van der Waals surface area contributed by atoms with Crippen LogP contribution in [0, 0.1) is 12.8 Å². The van der Waals surface area contributed by atoms with Gasteiger partial charge in [0.25, 0.3) is 5.91 Å². The van der Waals surface area contributed by atoms with E-state index in [1.807, 2.05) is 43.1 Å². The number of rotatable bonds is 10. The summed E-state index contributed by atoms with van der Waals surface area (Å²) in [5, 5.41) is 0. The molecule has 1 saturated heterocycles. The largest absolute Gasteiger partial charge is 0.489 e. The van der Waals surface area contributed by atoms with Crippen molar-refractivity contribution in [1.29, 1.82) is 0 Å². The van der Waals surface area contributed by atoms with E-state index in [-0.39, 0.29) is 34.9 Å². The molecule has 2 aliphatic rings. The van der Waals surface area contributed by atoms with Gasteiger partial charge in [0.2, 0.25) is 5.88 Å². The third kappa shape index (κ3) is 7.00. The lowest BCUT2D eigenvalue weighted by Crippen LogP contribution is -2.36. The summed E-state index contributed by atoms with van der Waals surface area (Å²) in [6.45, 7) is 0.0340. The molecular formula is C31H33F2N3O5. The summed E-state index contributed by atoms with van der Waals surface area (Å²) in [5.41, 5.74) is 2.82. The summed E-state index contributed by atoms with van der Waals surface area (Å²) in [6.07, 6.45) is 2.59. The topological polar surface area (TPSA) is 81.2 Å². The Hall–Kier alpha value is -4.05. The Morgan fingerprint density at radius 1 is 1.07 bits per heavy atom. The van der Waals surface area contributed by atoms with Crippen LogP contribution in [0.4, 0.5) is 14.5 Å². The number of pyridine rings is 1. The number of aromatic nitrogens is 1. The summed E-state index contributed by atoms with van der Waals surface area (Å²) in [5.74, 6) is -0.0968. The van der Waals surface area contributed by atoms with Gasteiger partial charge in [0, 0.05) is 25.3 Å². The van der Waals surface area contributed by atoms with Crippen LogP contribution in [0.5, 0.6) is 17.4 Å². The third-order valence-corrected chi connectivity index (χ3v) is 7.52. The van der Waals surface area contributed by atoms with Crippen molar-refractivity contribution in [2.24, 2.45) is 5.92 Å². The van der Waals surface area contributed by atoms with Crippen LogP contribution >= 0.6 is 0 Å². The molecule has 0 N–H and O–H groups in total. The zero-order valence-corrected chi connectivity index (χ0v) is 23.3. The molecule has 2 heterocycles. The number of carbonyl (C=O) groups excluding carboxylic acids is 2. The second kappa shape index (κ2) is 12.2. The highest BCUT2D eigenvalue weighted by Crippen LogP contribution is 2.38. The van der Waals surface area contributed by atoms with Gasteiger partial charge in [-0.25, -0.2) is 9.78 Å². The minimum atomic E-state index is -2.95. The predicted molar refractivity (Wildman–Crippen MR) is 149 cm³/mol. The smallest absolute Gasteiger partial charge is 0.387 e. The predicted octanol–water partition coefficient (Wildman–Crippen LogP) is 5.45. The number of likely N-dealkylation sites (N-methyl/N-ethyl adjacent to an activating group) is 1. The molecule has 1 saturated carbocycles. The summed E-state index contributed by atoms with van der Waals surface area (Å²) in [4.78, 5) is 33.9. The maximum atomic E-state index is 13.2. The first-order valence-corrected chi connectivity index (χ1v) is 13.6. The fourth-order valence-corrected chi connectivity index (χ4v) is 4.91. The van der Waals surface area contributed by atoms with Gasteiger partial charge in [0.15, 0.2) is 11.5 Å². The van der Waals surface area contributed by atoms with Crippen molar-refractivity contribution in [3.63, 3.8) is 0 Å². The number of benzene rings is 2. The van der Waals surface area contributed by atoms with Crippen LogP contribution in [0.2, 0.25) is 0 Å². The molecule has 0 spiro atoms. The van der Waals surface area contributed by atoms with Crippen molar-refractivity contribution in [2.75, 3.05) is 32.1 Å². The quantitative estimate of drug-likeness (QED) is 0.303. The first-order valence-electron chi connectivity index (χ1n) is 13.6. The molecule has 0 radical (unpaired) electrons. The van der Waals surface area contributed by atoms with Crippen molar-refractivity contribution in [3.05, 3.63) is 77.5 Å². The van der Waals surface area contributed by atoms with Gasteiger partial charge in [-0.05, 0) is 81.0 Å². The van der Waals surface area contributed by atoms with E-state index in [2.05, 4.69) is 9.72 Å². The zero-order chi connectivity index (χ0) is 29.1. The Labute approximate surface area is 237 Å². The number of ether oxygens (including phenoxy) is 3. The number of esters is 1. The maximum Gasteiger partial charge on any atom is 0.387 e. The number of likely N-dealkylation sites (tertiary alicyclic amines) is 1. The number of halogens is 2. The van der Waals surface area contributed by atoms with Crippen LogP contribution in [0.3, 0.4) is 0 Å². The number of nitrogens with zero attached hydrogens (tertiary/aromatic N) is 3. The fourth-order valence-electron chi connectivity index (χ4n) is 4.91. The van der Waals surface area contributed by atoms with E-state index in [1.165, 1.54) is 17.0 Å². The van der Waals surface area contributed by atoms with Gasteiger partial charge in [-0.3, -0.25) is 9.69 Å². The number of anilines is 1. The molecule has 1 aromatic heterocycles. The second-order valence-corrected chi connectivity index (χ2v) is 10.7. The molecule has 1 aliphatic carbocycles. The molecule has 8 nitrogen and oxygen atoms in total. The molecule has 10 heteroatoms. The number of carbonyl (C=O) groups is 2.